The Labute approximate surface area is 192 Å². The Bertz CT molecular complexity index is 1280. The fourth-order valence-corrected chi connectivity index (χ4v) is 4.68. The van der Waals surface area contributed by atoms with Gasteiger partial charge >= 0.3 is 0 Å². The van der Waals surface area contributed by atoms with Gasteiger partial charge < -0.3 is 15.0 Å². The highest BCUT2D eigenvalue weighted by molar-refractivity contribution is 6.02. The number of rotatable bonds is 6. The van der Waals surface area contributed by atoms with Crippen LogP contribution < -0.4 is 5.32 Å². The number of fused-ring (bicyclic) bond motifs is 2. The third-order valence-electron chi connectivity index (χ3n) is 6.49. The van der Waals surface area contributed by atoms with Crippen LogP contribution in [0.1, 0.15) is 55.7 Å². The molecule has 1 amide bonds. The molecule has 0 spiro atoms. The monoisotopic (exact) mass is 446 g/mol. The Balaban J connectivity index is 1.41. The molecule has 8 heteroatoms. The molecule has 0 bridgehead atoms. The van der Waals surface area contributed by atoms with E-state index >= 15 is 0 Å². The molecular weight excluding hydrogens is 416 g/mol. The molecule has 0 atom stereocenters. The molecule has 2 N–H and O–H groups in total. The average Bonchev–Trinajstić information content (AvgIpc) is 3.42. The molecular formula is C25H30N6O2. The molecule has 0 aliphatic heterocycles. The van der Waals surface area contributed by atoms with Crippen LogP contribution in [-0.2, 0) is 11.2 Å². The molecule has 5 rings (SSSR count). The molecule has 1 fully saturated rings. The molecule has 172 valence electrons. The Morgan fingerprint density at radius 2 is 2.09 bits per heavy atom. The van der Waals surface area contributed by atoms with Crippen LogP contribution in [0, 0.1) is 5.92 Å². The van der Waals surface area contributed by atoms with Gasteiger partial charge in [0.25, 0.3) is 5.91 Å². The van der Waals surface area contributed by atoms with Crippen molar-refractivity contribution in [1.29, 1.82) is 0 Å². The van der Waals surface area contributed by atoms with Gasteiger partial charge in [0.2, 0.25) is 0 Å². The maximum absolute atomic E-state index is 13.1. The topological polar surface area (TPSA) is 97.2 Å². The predicted molar refractivity (Wildman–Crippen MR) is 127 cm³/mol. The number of aromatic nitrogens is 5. The van der Waals surface area contributed by atoms with Gasteiger partial charge in [-0.3, -0.25) is 4.79 Å². The number of carbonyl (C=O) groups is 1. The van der Waals surface area contributed by atoms with E-state index in [1.54, 1.807) is 17.8 Å². The molecule has 4 aromatic heterocycles. The van der Waals surface area contributed by atoms with Crippen LogP contribution >= 0.6 is 0 Å². The second kappa shape index (κ2) is 8.94. The summed E-state index contributed by atoms with van der Waals surface area (Å²) in [6.45, 7) is 4.32. The minimum absolute atomic E-state index is 0.0800. The number of amides is 1. The Morgan fingerprint density at radius 1 is 1.27 bits per heavy atom. The van der Waals surface area contributed by atoms with E-state index in [-0.39, 0.29) is 11.9 Å². The zero-order valence-electron chi connectivity index (χ0n) is 19.3. The summed E-state index contributed by atoms with van der Waals surface area (Å²) in [4.78, 5) is 25.6. The van der Waals surface area contributed by atoms with E-state index in [2.05, 4.69) is 39.2 Å². The van der Waals surface area contributed by atoms with Gasteiger partial charge in [0, 0.05) is 49.1 Å². The first kappa shape index (κ1) is 21.6. The van der Waals surface area contributed by atoms with Crippen LogP contribution in [0.25, 0.3) is 27.7 Å². The Kier molecular flexibility index (Phi) is 5.85. The summed E-state index contributed by atoms with van der Waals surface area (Å²) >= 11 is 0. The Hall–Kier alpha value is -3.26. The lowest BCUT2D eigenvalue weighted by atomic mass is 9.93. The summed E-state index contributed by atoms with van der Waals surface area (Å²) in [7, 11) is 1.75. The van der Waals surface area contributed by atoms with Gasteiger partial charge in [0.1, 0.15) is 11.5 Å². The fraction of sp³-hybridized carbons (Fsp3) is 0.440. The van der Waals surface area contributed by atoms with E-state index < -0.39 is 0 Å². The number of nitrogens with one attached hydrogen (secondary N) is 2. The first-order valence-electron chi connectivity index (χ1n) is 11.7. The lowest BCUT2D eigenvalue weighted by Crippen LogP contribution is -2.38. The quantitative estimate of drug-likeness (QED) is 0.464. The average molecular weight is 447 g/mol. The van der Waals surface area contributed by atoms with Gasteiger partial charge in [-0.15, -0.1) is 0 Å². The predicted octanol–water partition coefficient (Wildman–Crippen LogP) is 4.16. The smallest absolute Gasteiger partial charge is 0.255 e. The minimum atomic E-state index is -0.0800. The van der Waals surface area contributed by atoms with Crippen LogP contribution in [0.5, 0.6) is 0 Å². The third-order valence-corrected chi connectivity index (χ3v) is 6.49. The highest BCUT2D eigenvalue weighted by Crippen LogP contribution is 2.29. The number of aromatic amines is 1. The van der Waals surface area contributed by atoms with Gasteiger partial charge in [-0.1, -0.05) is 13.8 Å². The van der Waals surface area contributed by atoms with Gasteiger partial charge in [-0.2, -0.15) is 5.10 Å². The molecule has 4 aromatic rings. The zero-order valence-corrected chi connectivity index (χ0v) is 19.3. The van der Waals surface area contributed by atoms with Crippen molar-refractivity contribution < 1.29 is 9.53 Å². The summed E-state index contributed by atoms with van der Waals surface area (Å²) < 4.78 is 7.18. The van der Waals surface area contributed by atoms with Crippen molar-refractivity contribution in [1.82, 2.24) is 29.9 Å². The number of nitrogens with zero attached hydrogens (tertiary/aromatic N) is 4. The maximum atomic E-state index is 13.1. The van der Waals surface area contributed by atoms with Crippen molar-refractivity contribution in [2.75, 3.05) is 7.11 Å². The summed E-state index contributed by atoms with van der Waals surface area (Å²) in [5.74, 6) is 1.26. The van der Waals surface area contributed by atoms with E-state index in [1.807, 2.05) is 30.7 Å². The number of carbonyl (C=O) groups excluding carboxylic acids is 1. The molecule has 33 heavy (non-hydrogen) atoms. The van der Waals surface area contributed by atoms with E-state index in [1.165, 1.54) is 0 Å². The fourth-order valence-electron chi connectivity index (χ4n) is 4.68. The van der Waals surface area contributed by atoms with Gasteiger partial charge in [-0.05, 0) is 49.3 Å². The van der Waals surface area contributed by atoms with Crippen molar-refractivity contribution in [3.63, 3.8) is 0 Å². The van der Waals surface area contributed by atoms with Gasteiger partial charge in [-0.25, -0.2) is 14.5 Å². The normalized spacial score (nSPS) is 18.9. The van der Waals surface area contributed by atoms with Crippen molar-refractivity contribution in [3.05, 3.63) is 48.3 Å². The number of hydrogen-bond donors (Lipinski definition) is 2. The van der Waals surface area contributed by atoms with Crippen molar-refractivity contribution in [2.45, 2.75) is 58.1 Å². The molecule has 0 radical (unpaired) electrons. The lowest BCUT2D eigenvalue weighted by Gasteiger charge is -2.28. The minimum Gasteiger partial charge on any atom is -0.381 e. The highest BCUT2D eigenvalue weighted by atomic mass is 16.5. The largest absolute Gasteiger partial charge is 0.381 e. The Morgan fingerprint density at radius 3 is 2.85 bits per heavy atom. The van der Waals surface area contributed by atoms with Crippen molar-refractivity contribution in [2.24, 2.45) is 5.92 Å². The summed E-state index contributed by atoms with van der Waals surface area (Å²) in [6.07, 6.45) is 12.3. The molecule has 8 nitrogen and oxygen atoms in total. The van der Waals surface area contributed by atoms with E-state index in [0.29, 0.717) is 17.6 Å². The van der Waals surface area contributed by atoms with Crippen LogP contribution in [0.3, 0.4) is 0 Å². The van der Waals surface area contributed by atoms with Gasteiger partial charge in [0.15, 0.2) is 0 Å². The van der Waals surface area contributed by atoms with Crippen LogP contribution in [0.2, 0.25) is 0 Å². The van der Waals surface area contributed by atoms with Crippen LogP contribution in [0.4, 0.5) is 0 Å². The summed E-state index contributed by atoms with van der Waals surface area (Å²) in [5.41, 5.74) is 4.19. The second-order valence-corrected chi connectivity index (χ2v) is 9.34. The molecule has 0 unspecified atom stereocenters. The molecule has 1 aliphatic carbocycles. The third kappa shape index (κ3) is 4.35. The highest BCUT2D eigenvalue weighted by Gasteiger charge is 2.24. The van der Waals surface area contributed by atoms with Crippen molar-refractivity contribution in [3.8, 4) is 11.1 Å². The zero-order chi connectivity index (χ0) is 22.9. The number of pyridine rings is 1. The number of H-pyrrole nitrogens is 1. The first-order valence-corrected chi connectivity index (χ1v) is 11.7. The first-order chi connectivity index (χ1) is 16.0. The van der Waals surface area contributed by atoms with Crippen LogP contribution in [-0.4, -0.2) is 49.7 Å². The summed E-state index contributed by atoms with van der Waals surface area (Å²) in [6, 6.07) is 4.18. The molecule has 0 saturated heterocycles. The molecule has 4 heterocycles. The number of ether oxygens (including phenoxy) is 1. The number of methoxy groups -OCH3 is 1. The second-order valence-electron chi connectivity index (χ2n) is 9.34. The molecule has 1 aliphatic rings. The maximum Gasteiger partial charge on any atom is 0.255 e. The van der Waals surface area contributed by atoms with Gasteiger partial charge in [0.05, 0.1) is 23.4 Å². The standard InChI is InChI=1S/C25H30N6O2/c1-15(2)10-23-26-13-20-19(12-27-24(20)30-23)16-8-9-31-22(11-16)21(14-28-31)25(32)29-17-4-6-18(33-3)7-5-17/h8-9,11-15,17-18H,4-7,10H2,1-3H3,(H,29,32)(H,26,27,30)/t17-,18-. The summed E-state index contributed by atoms with van der Waals surface area (Å²) in [5, 5.41) is 8.54. The molecule has 1 saturated carbocycles. The van der Waals surface area contributed by atoms with Crippen molar-refractivity contribution >= 4 is 22.5 Å². The lowest BCUT2D eigenvalue weighted by molar-refractivity contribution is 0.0599. The SMILES string of the molecule is CO[C@H]1CC[C@H](NC(=O)c2cnn3ccc(-c4c[nH]c5nc(CC(C)C)ncc45)cc23)CC1. The van der Waals surface area contributed by atoms with E-state index in [0.717, 1.165) is 65.6 Å². The van der Waals surface area contributed by atoms with Crippen LogP contribution in [0.15, 0.2) is 36.9 Å². The molecule has 0 aromatic carbocycles. The van der Waals surface area contributed by atoms with E-state index in [4.69, 9.17) is 4.74 Å². The van der Waals surface area contributed by atoms with E-state index in [9.17, 15) is 4.79 Å². The number of hydrogen-bond acceptors (Lipinski definition) is 5.